The fraction of sp³-hybridized carbons (Fsp3) is 0.154. The number of fused-ring (bicyclic) bond motifs is 1. The van der Waals surface area contributed by atoms with Gasteiger partial charge in [-0.1, -0.05) is 12.1 Å². The lowest BCUT2D eigenvalue weighted by atomic mass is 10.2. The van der Waals surface area contributed by atoms with Gasteiger partial charge < -0.3 is 10.1 Å². The molecule has 7 heteroatoms. The molecule has 0 spiro atoms. The number of nitrogens with zero attached hydrogens (tertiary/aromatic N) is 3. The van der Waals surface area contributed by atoms with Crippen molar-refractivity contribution in [3.05, 3.63) is 35.8 Å². The molecule has 0 radical (unpaired) electrons. The van der Waals surface area contributed by atoms with Crippen molar-refractivity contribution in [3.63, 3.8) is 0 Å². The van der Waals surface area contributed by atoms with Gasteiger partial charge in [-0.2, -0.15) is 15.1 Å². The molecular weight excluding hydrogens is 261 g/mol. The largest absolute Gasteiger partial charge is 0.435 e. The van der Waals surface area contributed by atoms with Crippen LogP contribution in [0.4, 0.5) is 10.3 Å². The van der Waals surface area contributed by atoms with Crippen molar-refractivity contribution in [1.82, 2.24) is 20.2 Å². The minimum atomic E-state index is -0.409. The molecular formula is C13H12FN5O. The quantitative estimate of drug-likeness (QED) is 0.767. The van der Waals surface area contributed by atoms with Crippen molar-refractivity contribution in [2.75, 3.05) is 12.4 Å². The van der Waals surface area contributed by atoms with Crippen LogP contribution in [-0.4, -0.2) is 27.2 Å². The first-order valence-corrected chi connectivity index (χ1v) is 6.01. The summed E-state index contributed by atoms with van der Waals surface area (Å²) in [7, 11) is 1.69. The van der Waals surface area contributed by atoms with Crippen LogP contribution in [0.15, 0.2) is 24.4 Å². The molecule has 2 aromatic heterocycles. The lowest BCUT2D eigenvalue weighted by molar-refractivity contribution is 0.430. The maximum absolute atomic E-state index is 14.0. The summed E-state index contributed by atoms with van der Waals surface area (Å²) in [6, 6.07) is 4.95. The van der Waals surface area contributed by atoms with E-state index in [9.17, 15) is 4.39 Å². The van der Waals surface area contributed by atoms with Crippen LogP contribution >= 0.6 is 0 Å². The van der Waals surface area contributed by atoms with E-state index >= 15 is 0 Å². The Bertz CT molecular complexity index is 771. The van der Waals surface area contributed by atoms with Crippen LogP contribution in [0.5, 0.6) is 11.6 Å². The molecule has 6 nitrogen and oxygen atoms in total. The van der Waals surface area contributed by atoms with E-state index in [-0.39, 0.29) is 11.6 Å². The minimum absolute atomic E-state index is 0.119. The molecule has 2 N–H and O–H groups in total. The van der Waals surface area contributed by atoms with Crippen LogP contribution < -0.4 is 10.1 Å². The molecule has 3 rings (SSSR count). The number of benzene rings is 1. The third kappa shape index (κ3) is 2.03. The Morgan fingerprint density at radius 2 is 2.15 bits per heavy atom. The number of ether oxygens (including phenoxy) is 1. The normalized spacial score (nSPS) is 10.8. The molecule has 0 aliphatic carbocycles. The van der Waals surface area contributed by atoms with Gasteiger partial charge in [-0.25, -0.2) is 4.39 Å². The Morgan fingerprint density at radius 3 is 2.95 bits per heavy atom. The molecule has 0 unspecified atom stereocenters. The SMILES string of the molecule is CNc1nc(Oc2cccc(C)c2F)c2cn[nH]c2n1. The van der Waals surface area contributed by atoms with Crippen LogP contribution in [0.1, 0.15) is 5.56 Å². The predicted octanol–water partition coefficient (Wildman–Crippen LogP) is 2.63. The highest BCUT2D eigenvalue weighted by atomic mass is 19.1. The van der Waals surface area contributed by atoms with Crippen LogP contribution in [0.25, 0.3) is 11.0 Å². The summed E-state index contributed by atoms with van der Waals surface area (Å²) in [6.45, 7) is 1.68. The van der Waals surface area contributed by atoms with Crippen molar-refractivity contribution >= 4 is 17.0 Å². The van der Waals surface area contributed by atoms with Crippen LogP contribution in [-0.2, 0) is 0 Å². The molecule has 0 amide bonds. The summed E-state index contributed by atoms with van der Waals surface area (Å²) in [5, 5.41) is 10.0. The van der Waals surface area contributed by atoms with E-state index in [0.29, 0.717) is 22.5 Å². The third-order valence-electron chi connectivity index (χ3n) is 2.86. The topological polar surface area (TPSA) is 75.7 Å². The highest BCUT2D eigenvalue weighted by Gasteiger charge is 2.14. The molecule has 102 valence electrons. The minimum Gasteiger partial charge on any atom is -0.435 e. The first kappa shape index (κ1) is 12.3. The van der Waals surface area contributed by atoms with E-state index in [1.165, 1.54) is 6.20 Å². The number of hydrogen-bond acceptors (Lipinski definition) is 5. The van der Waals surface area contributed by atoms with Gasteiger partial charge in [0.1, 0.15) is 5.39 Å². The zero-order valence-corrected chi connectivity index (χ0v) is 10.9. The molecule has 0 aliphatic rings. The van der Waals surface area contributed by atoms with E-state index in [1.807, 2.05) is 0 Å². The maximum atomic E-state index is 14.0. The Balaban J connectivity index is 2.10. The fourth-order valence-corrected chi connectivity index (χ4v) is 1.80. The monoisotopic (exact) mass is 273 g/mol. The summed E-state index contributed by atoms with van der Waals surface area (Å²) in [5.74, 6) is 0.324. The third-order valence-corrected chi connectivity index (χ3v) is 2.86. The Hall–Kier alpha value is -2.70. The van der Waals surface area contributed by atoms with Crippen molar-refractivity contribution in [2.45, 2.75) is 6.92 Å². The molecule has 0 saturated heterocycles. The second-order valence-electron chi connectivity index (χ2n) is 4.22. The van der Waals surface area contributed by atoms with Gasteiger partial charge >= 0.3 is 0 Å². The maximum Gasteiger partial charge on any atom is 0.235 e. The van der Waals surface area contributed by atoms with Gasteiger partial charge in [-0.3, -0.25) is 5.10 Å². The molecule has 1 aromatic carbocycles. The Morgan fingerprint density at radius 1 is 1.30 bits per heavy atom. The number of aromatic nitrogens is 4. The van der Waals surface area contributed by atoms with E-state index in [1.54, 1.807) is 32.2 Å². The number of rotatable bonds is 3. The zero-order valence-electron chi connectivity index (χ0n) is 10.9. The standard InChI is InChI=1S/C13H12FN5O/c1-7-4-3-5-9(10(7)14)20-12-8-6-16-19-11(8)17-13(15-2)18-12/h3-6H,1-2H3,(H2,15,16,17,18,19). The second-order valence-corrected chi connectivity index (χ2v) is 4.22. The second kappa shape index (κ2) is 4.76. The van der Waals surface area contributed by atoms with Gasteiger partial charge in [-0.15, -0.1) is 0 Å². The lowest BCUT2D eigenvalue weighted by Gasteiger charge is -2.09. The number of aryl methyl sites for hydroxylation is 1. The summed E-state index contributed by atoms with van der Waals surface area (Å²) < 4.78 is 19.6. The van der Waals surface area contributed by atoms with Crippen LogP contribution in [0.2, 0.25) is 0 Å². The van der Waals surface area contributed by atoms with E-state index < -0.39 is 5.82 Å². The molecule has 0 bridgehead atoms. The number of hydrogen-bond donors (Lipinski definition) is 2. The predicted molar refractivity (Wildman–Crippen MR) is 72.4 cm³/mol. The highest BCUT2D eigenvalue weighted by Crippen LogP contribution is 2.29. The highest BCUT2D eigenvalue weighted by molar-refractivity contribution is 5.80. The molecule has 0 saturated carbocycles. The van der Waals surface area contributed by atoms with Crippen molar-refractivity contribution in [3.8, 4) is 11.6 Å². The molecule has 2 heterocycles. The zero-order chi connectivity index (χ0) is 14.1. The first-order valence-electron chi connectivity index (χ1n) is 6.01. The number of H-pyrrole nitrogens is 1. The summed E-state index contributed by atoms with van der Waals surface area (Å²) >= 11 is 0. The van der Waals surface area contributed by atoms with Gasteiger partial charge in [0.25, 0.3) is 0 Å². The van der Waals surface area contributed by atoms with Gasteiger partial charge in [0.05, 0.1) is 6.20 Å². The summed E-state index contributed by atoms with van der Waals surface area (Å²) in [6.07, 6.45) is 1.54. The van der Waals surface area contributed by atoms with Crippen molar-refractivity contribution < 1.29 is 9.13 Å². The van der Waals surface area contributed by atoms with Crippen molar-refractivity contribution in [2.24, 2.45) is 0 Å². The number of anilines is 1. The molecule has 0 fully saturated rings. The lowest BCUT2D eigenvalue weighted by Crippen LogP contribution is -2.00. The van der Waals surface area contributed by atoms with E-state index in [0.717, 1.165) is 0 Å². The van der Waals surface area contributed by atoms with E-state index in [4.69, 9.17) is 4.74 Å². The number of halogens is 1. The van der Waals surface area contributed by atoms with Gasteiger partial charge in [0.2, 0.25) is 11.8 Å². The van der Waals surface area contributed by atoms with Crippen LogP contribution in [0, 0.1) is 12.7 Å². The summed E-state index contributed by atoms with van der Waals surface area (Å²) in [4.78, 5) is 8.37. The number of nitrogens with one attached hydrogen (secondary N) is 2. The van der Waals surface area contributed by atoms with E-state index in [2.05, 4.69) is 25.5 Å². The Labute approximate surface area is 114 Å². The number of aromatic amines is 1. The summed E-state index contributed by atoms with van der Waals surface area (Å²) in [5.41, 5.74) is 1.03. The Kier molecular flexibility index (Phi) is 2.94. The molecule has 20 heavy (non-hydrogen) atoms. The average molecular weight is 273 g/mol. The first-order chi connectivity index (χ1) is 9.69. The smallest absolute Gasteiger partial charge is 0.235 e. The van der Waals surface area contributed by atoms with Gasteiger partial charge in [0.15, 0.2) is 17.2 Å². The fourth-order valence-electron chi connectivity index (χ4n) is 1.80. The molecule has 0 aliphatic heterocycles. The molecule has 3 aromatic rings. The molecule has 0 atom stereocenters. The van der Waals surface area contributed by atoms with Gasteiger partial charge in [0, 0.05) is 7.05 Å². The van der Waals surface area contributed by atoms with Gasteiger partial charge in [-0.05, 0) is 18.6 Å². The van der Waals surface area contributed by atoms with Crippen LogP contribution in [0.3, 0.4) is 0 Å². The average Bonchev–Trinajstić information content (AvgIpc) is 2.92. The van der Waals surface area contributed by atoms with Crippen molar-refractivity contribution in [1.29, 1.82) is 0 Å².